The fourth-order valence-corrected chi connectivity index (χ4v) is 1.34. The van der Waals surface area contributed by atoms with Crippen molar-refractivity contribution in [2.24, 2.45) is 0 Å². The summed E-state index contributed by atoms with van der Waals surface area (Å²) in [7, 11) is 0.243. The van der Waals surface area contributed by atoms with Gasteiger partial charge in [0.25, 0.3) is 0 Å². The predicted molar refractivity (Wildman–Crippen MR) is 45.9 cm³/mol. The van der Waals surface area contributed by atoms with Gasteiger partial charge in [0.2, 0.25) is 0 Å². The lowest BCUT2D eigenvalue weighted by atomic mass is 10.2. The van der Waals surface area contributed by atoms with Crippen molar-refractivity contribution in [2.45, 2.75) is 6.92 Å². The largest absolute Gasteiger partial charge is 0.445 e. The lowest BCUT2D eigenvalue weighted by Gasteiger charge is -2.01. The van der Waals surface area contributed by atoms with Crippen LogP contribution in [0.4, 0.5) is 0 Å². The zero-order valence-corrected chi connectivity index (χ0v) is 7.73. The van der Waals surface area contributed by atoms with Gasteiger partial charge in [-0.25, -0.2) is 4.79 Å². The van der Waals surface area contributed by atoms with Gasteiger partial charge in [0.1, 0.15) is 0 Å². The van der Waals surface area contributed by atoms with E-state index in [0.29, 0.717) is 6.54 Å². The van der Waals surface area contributed by atoms with E-state index in [1.54, 1.807) is 0 Å². The zero-order chi connectivity index (χ0) is 8.27. The van der Waals surface area contributed by atoms with Crippen LogP contribution in [0.1, 0.15) is 6.92 Å². The predicted octanol–water partition coefficient (Wildman–Crippen LogP) is 0.673. The van der Waals surface area contributed by atoms with Gasteiger partial charge in [0.05, 0.1) is 14.4 Å². The van der Waals surface area contributed by atoms with Gasteiger partial charge in [-0.1, -0.05) is 0 Å². The molecular formula is C7H12NO2P. The van der Waals surface area contributed by atoms with E-state index in [2.05, 4.69) is 5.32 Å². The molecule has 1 rings (SSSR count). The fourth-order valence-electron chi connectivity index (χ4n) is 1.03. The number of carbonyl (C=O) groups excluding carboxylic acids is 1. The third-order valence-corrected chi connectivity index (χ3v) is 2.04. The SMILES string of the molecule is CPOC(=O)C1=C(C)CNC1. The summed E-state index contributed by atoms with van der Waals surface area (Å²) in [5.74, 6) is -0.159. The van der Waals surface area contributed by atoms with Crippen LogP contribution in [0.5, 0.6) is 0 Å². The minimum absolute atomic E-state index is 0.159. The van der Waals surface area contributed by atoms with Crippen LogP contribution in [0.3, 0.4) is 0 Å². The number of hydrogen-bond donors (Lipinski definition) is 1. The highest BCUT2D eigenvalue weighted by atomic mass is 31.1. The van der Waals surface area contributed by atoms with Crippen molar-refractivity contribution in [3.63, 3.8) is 0 Å². The van der Waals surface area contributed by atoms with Crippen LogP contribution in [-0.2, 0) is 9.32 Å². The first-order valence-corrected chi connectivity index (χ1v) is 4.93. The summed E-state index contributed by atoms with van der Waals surface area (Å²) in [5, 5.41) is 3.09. The van der Waals surface area contributed by atoms with Crippen LogP contribution in [0.2, 0.25) is 0 Å². The van der Waals surface area contributed by atoms with Gasteiger partial charge in [-0.05, 0) is 19.2 Å². The molecule has 4 heteroatoms. The van der Waals surface area contributed by atoms with Crippen LogP contribution < -0.4 is 5.32 Å². The van der Waals surface area contributed by atoms with Gasteiger partial charge >= 0.3 is 5.97 Å². The van der Waals surface area contributed by atoms with Gasteiger partial charge in [-0.2, -0.15) is 0 Å². The maximum absolute atomic E-state index is 11.1. The highest BCUT2D eigenvalue weighted by Crippen LogP contribution is 2.15. The van der Waals surface area contributed by atoms with Crippen molar-refractivity contribution >= 4 is 14.8 Å². The third kappa shape index (κ3) is 2.01. The van der Waals surface area contributed by atoms with Crippen LogP contribution in [0.15, 0.2) is 11.1 Å². The molecule has 0 aromatic rings. The molecular weight excluding hydrogens is 161 g/mol. The molecule has 1 aliphatic heterocycles. The molecule has 0 bridgehead atoms. The molecule has 0 aromatic carbocycles. The van der Waals surface area contributed by atoms with Gasteiger partial charge in [-0.3, -0.25) is 0 Å². The highest BCUT2D eigenvalue weighted by Gasteiger charge is 2.17. The average Bonchev–Trinajstić information content (AvgIpc) is 2.36. The summed E-state index contributed by atoms with van der Waals surface area (Å²) in [6, 6.07) is 0. The number of nitrogens with one attached hydrogen (secondary N) is 1. The van der Waals surface area contributed by atoms with Crippen LogP contribution in [0, 0.1) is 0 Å². The maximum Gasteiger partial charge on any atom is 0.337 e. The molecule has 1 atom stereocenters. The smallest absolute Gasteiger partial charge is 0.337 e. The van der Waals surface area contributed by atoms with E-state index in [0.717, 1.165) is 17.7 Å². The Kier molecular flexibility index (Phi) is 3.03. The van der Waals surface area contributed by atoms with Crippen molar-refractivity contribution < 1.29 is 9.32 Å². The molecule has 1 N–H and O–H groups in total. The summed E-state index contributed by atoms with van der Waals surface area (Å²) in [6.07, 6.45) is 0. The molecule has 0 saturated carbocycles. The van der Waals surface area contributed by atoms with E-state index in [4.69, 9.17) is 4.52 Å². The zero-order valence-electron chi connectivity index (χ0n) is 6.73. The normalized spacial score (nSPS) is 18.4. The molecule has 0 aliphatic carbocycles. The maximum atomic E-state index is 11.1. The summed E-state index contributed by atoms with van der Waals surface area (Å²) >= 11 is 0. The standard InChI is InChI=1S/C7H12NO2P/c1-5-3-8-4-6(5)7(9)10-11-2/h8,11H,3-4H2,1-2H3. The Morgan fingerprint density at radius 3 is 2.82 bits per heavy atom. The Morgan fingerprint density at radius 2 is 2.36 bits per heavy atom. The van der Waals surface area contributed by atoms with Gasteiger partial charge in [0, 0.05) is 13.1 Å². The Hall–Kier alpha value is -0.400. The number of rotatable bonds is 2. The quantitative estimate of drug-likeness (QED) is 0.624. The molecule has 1 aliphatic rings. The molecule has 0 aromatic heterocycles. The van der Waals surface area contributed by atoms with E-state index in [1.165, 1.54) is 0 Å². The Labute approximate surface area is 68.1 Å². The second-order valence-corrected chi connectivity index (χ2v) is 3.07. The second-order valence-electron chi connectivity index (χ2n) is 2.46. The molecule has 11 heavy (non-hydrogen) atoms. The van der Waals surface area contributed by atoms with Crippen molar-refractivity contribution in [2.75, 3.05) is 19.8 Å². The first-order chi connectivity index (χ1) is 5.25. The minimum atomic E-state index is -0.159. The Balaban J connectivity index is 2.59. The third-order valence-electron chi connectivity index (χ3n) is 1.65. The van der Waals surface area contributed by atoms with Crippen molar-refractivity contribution in [1.82, 2.24) is 5.32 Å². The summed E-state index contributed by atoms with van der Waals surface area (Å²) in [6.45, 7) is 5.28. The average molecular weight is 173 g/mol. The first-order valence-electron chi connectivity index (χ1n) is 3.53. The highest BCUT2D eigenvalue weighted by molar-refractivity contribution is 7.31. The molecule has 1 heterocycles. The van der Waals surface area contributed by atoms with Gasteiger partial charge < -0.3 is 9.84 Å². The summed E-state index contributed by atoms with van der Waals surface area (Å²) in [4.78, 5) is 11.1. The van der Waals surface area contributed by atoms with E-state index in [9.17, 15) is 4.79 Å². The van der Waals surface area contributed by atoms with Crippen molar-refractivity contribution in [3.05, 3.63) is 11.1 Å². The van der Waals surface area contributed by atoms with E-state index in [1.807, 2.05) is 13.6 Å². The van der Waals surface area contributed by atoms with Crippen LogP contribution >= 0.6 is 8.81 Å². The lowest BCUT2D eigenvalue weighted by Crippen LogP contribution is -2.12. The number of carbonyl (C=O) groups is 1. The second kappa shape index (κ2) is 3.84. The van der Waals surface area contributed by atoms with E-state index in [-0.39, 0.29) is 14.8 Å². The monoisotopic (exact) mass is 173 g/mol. The van der Waals surface area contributed by atoms with Crippen molar-refractivity contribution in [1.29, 1.82) is 0 Å². The van der Waals surface area contributed by atoms with E-state index < -0.39 is 0 Å². The fraction of sp³-hybridized carbons (Fsp3) is 0.571. The van der Waals surface area contributed by atoms with E-state index >= 15 is 0 Å². The molecule has 1 unspecified atom stereocenters. The number of hydrogen-bond acceptors (Lipinski definition) is 3. The molecule has 62 valence electrons. The molecule has 0 amide bonds. The molecule has 0 radical (unpaired) electrons. The first kappa shape index (κ1) is 8.69. The van der Waals surface area contributed by atoms with Crippen LogP contribution in [0.25, 0.3) is 0 Å². The Bertz CT molecular complexity index is 201. The molecule has 0 spiro atoms. The molecule has 0 fully saturated rings. The van der Waals surface area contributed by atoms with Gasteiger partial charge in [-0.15, -0.1) is 0 Å². The minimum Gasteiger partial charge on any atom is -0.445 e. The molecule has 0 saturated heterocycles. The Morgan fingerprint density at radius 1 is 1.64 bits per heavy atom. The van der Waals surface area contributed by atoms with Crippen molar-refractivity contribution in [3.8, 4) is 0 Å². The van der Waals surface area contributed by atoms with Crippen LogP contribution in [-0.4, -0.2) is 25.7 Å². The summed E-state index contributed by atoms with van der Waals surface area (Å²) < 4.78 is 4.89. The summed E-state index contributed by atoms with van der Waals surface area (Å²) in [5.41, 5.74) is 1.91. The topological polar surface area (TPSA) is 38.3 Å². The van der Waals surface area contributed by atoms with Gasteiger partial charge in [0.15, 0.2) is 0 Å². The molecule has 3 nitrogen and oxygen atoms in total. The lowest BCUT2D eigenvalue weighted by molar-refractivity contribution is -0.129.